The third kappa shape index (κ3) is 4.35. The second kappa shape index (κ2) is 8.28. The fraction of sp³-hybridized carbons (Fsp3) is 0.316. The van der Waals surface area contributed by atoms with Crippen LogP contribution in [0.15, 0.2) is 42.5 Å². The number of nitro groups is 1. The molecular formula is C19H23N3O3. The minimum Gasteiger partial charge on any atom is -0.370 e. The number of aryl methyl sites for hydroxylation is 2. The summed E-state index contributed by atoms with van der Waals surface area (Å²) >= 11 is 0. The Morgan fingerprint density at radius 3 is 2.44 bits per heavy atom. The summed E-state index contributed by atoms with van der Waals surface area (Å²) in [4.78, 5) is 25.2. The van der Waals surface area contributed by atoms with Gasteiger partial charge in [-0.15, -0.1) is 0 Å². The largest absolute Gasteiger partial charge is 0.370 e. The van der Waals surface area contributed by atoms with Gasteiger partial charge >= 0.3 is 0 Å². The molecule has 2 aromatic rings. The highest BCUT2D eigenvalue weighted by Gasteiger charge is 2.22. The lowest BCUT2D eigenvalue weighted by Crippen LogP contribution is -2.35. The van der Waals surface area contributed by atoms with Gasteiger partial charge in [0.2, 0.25) is 0 Å². The summed E-state index contributed by atoms with van der Waals surface area (Å²) in [6.45, 7) is 7.59. The van der Waals surface area contributed by atoms with Gasteiger partial charge in [-0.2, -0.15) is 0 Å². The predicted octanol–water partition coefficient (Wildman–Crippen LogP) is 3.47. The van der Waals surface area contributed by atoms with Gasteiger partial charge in [0, 0.05) is 30.9 Å². The van der Waals surface area contributed by atoms with Crippen molar-refractivity contribution < 1.29 is 9.72 Å². The number of amides is 1. The van der Waals surface area contributed by atoms with E-state index in [-0.39, 0.29) is 11.3 Å². The first kappa shape index (κ1) is 18.4. The van der Waals surface area contributed by atoms with Gasteiger partial charge in [-0.25, -0.2) is 0 Å². The number of nitrogens with zero attached hydrogens (tertiary/aromatic N) is 2. The molecule has 2 rings (SSSR count). The molecule has 0 aliphatic carbocycles. The summed E-state index contributed by atoms with van der Waals surface area (Å²) in [5.74, 6) is -0.420. The maximum absolute atomic E-state index is 12.4. The van der Waals surface area contributed by atoms with Crippen LogP contribution < -0.4 is 10.2 Å². The summed E-state index contributed by atoms with van der Waals surface area (Å²) in [5.41, 5.74) is 2.74. The SMILES string of the molecule is CCN(CCNC(=O)c1cccc(C)c1[N+](=O)[O-])c1ccccc1C. The third-order valence-electron chi connectivity index (χ3n) is 4.17. The van der Waals surface area contributed by atoms with Crippen molar-refractivity contribution in [1.29, 1.82) is 0 Å². The van der Waals surface area contributed by atoms with Crippen molar-refractivity contribution in [2.45, 2.75) is 20.8 Å². The van der Waals surface area contributed by atoms with Crippen LogP contribution in [0.5, 0.6) is 0 Å². The Labute approximate surface area is 147 Å². The van der Waals surface area contributed by atoms with Gasteiger partial charge < -0.3 is 10.2 Å². The molecule has 0 heterocycles. The molecule has 0 unspecified atom stereocenters. The van der Waals surface area contributed by atoms with Crippen LogP contribution >= 0.6 is 0 Å². The number of nitrogens with one attached hydrogen (secondary N) is 1. The van der Waals surface area contributed by atoms with Gasteiger partial charge in [-0.3, -0.25) is 14.9 Å². The Hall–Kier alpha value is -2.89. The maximum atomic E-state index is 12.4. The van der Waals surface area contributed by atoms with Gasteiger partial charge in [0.1, 0.15) is 5.56 Å². The smallest absolute Gasteiger partial charge is 0.285 e. The van der Waals surface area contributed by atoms with Crippen LogP contribution in [-0.4, -0.2) is 30.5 Å². The minimum atomic E-state index is -0.504. The lowest BCUT2D eigenvalue weighted by molar-refractivity contribution is -0.385. The van der Waals surface area contributed by atoms with E-state index < -0.39 is 10.8 Å². The van der Waals surface area contributed by atoms with E-state index in [0.29, 0.717) is 18.7 Å². The molecule has 0 aliphatic heterocycles. The predicted molar refractivity (Wildman–Crippen MR) is 99.2 cm³/mol. The molecule has 1 N–H and O–H groups in total. The molecule has 0 saturated carbocycles. The van der Waals surface area contributed by atoms with Crippen molar-refractivity contribution in [2.24, 2.45) is 0 Å². The van der Waals surface area contributed by atoms with Crippen molar-refractivity contribution in [3.05, 3.63) is 69.3 Å². The number of hydrogen-bond acceptors (Lipinski definition) is 4. The van der Waals surface area contributed by atoms with E-state index in [4.69, 9.17) is 0 Å². The normalized spacial score (nSPS) is 10.4. The summed E-state index contributed by atoms with van der Waals surface area (Å²) < 4.78 is 0. The second-order valence-electron chi connectivity index (χ2n) is 5.85. The van der Waals surface area contributed by atoms with E-state index >= 15 is 0 Å². The van der Waals surface area contributed by atoms with E-state index in [9.17, 15) is 14.9 Å². The Balaban J connectivity index is 2.05. The van der Waals surface area contributed by atoms with Crippen molar-refractivity contribution in [3.63, 3.8) is 0 Å². The molecule has 0 atom stereocenters. The number of benzene rings is 2. The molecule has 1 amide bonds. The van der Waals surface area contributed by atoms with Crippen LogP contribution in [0.25, 0.3) is 0 Å². The number of carbonyl (C=O) groups is 1. The Bertz CT molecular complexity index is 774. The van der Waals surface area contributed by atoms with Gasteiger partial charge in [0.25, 0.3) is 11.6 Å². The Morgan fingerprint density at radius 1 is 1.12 bits per heavy atom. The summed E-state index contributed by atoms with van der Waals surface area (Å²) in [6.07, 6.45) is 0. The standard InChI is InChI=1S/C19H23N3O3/c1-4-21(17-11-6-5-8-14(17)2)13-12-20-19(23)16-10-7-9-15(3)18(16)22(24)25/h5-11H,4,12-13H2,1-3H3,(H,20,23). The average molecular weight is 341 g/mol. The molecule has 25 heavy (non-hydrogen) atoms. The molecule has 0 spiro atoms. The molecule has 6 nitrogen and oxygen atoms in total. The van der Waals surface area contributed by atoms with Gasteiger partial charge in [-0.05, 0) is 38.5 Å². The number of nitro benzene ring substituents is 1. The lowest BCUT2D eigenvalue weighted by Gasteiger charge is -2.25. The molecule has 0 bridgehead atoms. The first-order valence-electron chi connectivity index (χ1n) is 8.28. The first-order chi connectivity index (χ1) is 12.0. The van der Waals surface area contributed by atoms with Gasteiger partial charge in [-0.1, -0.05) is 30.3 Å². The van der Waals surface area contributed by atoms with Crippen LogP contribution in [0, 0.1) is 24.0 Å². The fourth-order valence-electron chi connectivity index (χ4n) is 2.85. The molecule has 2 aromatic carbocycles. The molecule has 0 saturated heterocycles. The van der Waals surface area contributed by atoms with E-state index in [1.807, 2.05) is 31.2 Å². The summed E-state index contributed by atoms with van der Waals surface area (Å²) in [6, 6.07) is 12.8. The first-order valence-corrected chi connectivity index (χ1v) is 8.28. The highest BCUT2D eigenvalue weighted by Crippen LogP contribution is 2.23. The Kier molecular flexibility index (Phi) is 6.11. The number of likely N-dealkylation sites (N-methyl/N-ethyl adjacent to an activating group) is 1. The van der Waals surface area contributed by atoms with Crippen molar-refractivity contribution in [2.75, 3.05) is 24.5 Å². The third-order valence-corrected chi connectivity index (χ3v) is 4.17. The van der Waals surface area contributed by atoms with Crippen LogP contribution in [0.4, 0.5) is 11.4 Å². The molecule has 6 heteroatoms. The number of rotatable bonds is 7. The molecular weight excluding hydrogens is 318 g/mol. The van der Waals surface area contributed by atoms with E-state index in [1.54, 1.807) is 19.1 Å². The van der Waals surface area contributed by atoms with Crippen molar-refractivity contribution in [1.82, 2.24) is 5.32 Å². The number of hydrogen-bond donors (Lipinski definition) is 1. The number of carbonyl (C=O) groups excluding carboxylic acids is 1. The quantitative estimate of drug-likeness (QED) is 0.618. The average Bonchev–Trinajstić information content (AvgIpc) is 2.59. The van der Waals surface area contributed by atoms with Crippen LogP contribution in [0.1, 0.15) is 28.4 Å². The van der Waals surface area contributed by atoms with Crippen LogP contribution in [-0.2, 0) is 0 Å². The van der Waals surface area contributed by atoms with Crippen LogP contribution in [0.2, 0.25) is 0 Å². The molecule has 0 aromatic heterocycles. The maximum Gasteiger partial charge on any atom is 0.285 e. The van der Waals surface area contributed by atoms with Crippen LogP contribution in [0.3, 0.4) is 0 Å². The molecule has 0 aliphatic rings. The summed E-state index contributed by atoms with van der Waals surface area (Å²) in [5, 5.41) is 14.0. The molecule has 0 fully saturated rings. The highest BCUT2D eigenvalue weighted by atomic mass is 16.6. The summed E-state index contributed by atoms with van der Waals surface area (Å²) in [7, 11) is 0. The number of para-hydroxylation sites is 2. The lowest BCUT2D eigenvalue weighted by atomic mass is 10.1. The number of anilines is 1. The van der Waals surface area contributed by atoms with Crippen molar-refractivity contribution in [3.8, 4) is 0 Å². The Morgan fingerprint density at radius 2 is 1.80 bits per heavy atom. The zero-order valence-corrected chi connectivity index (χ0v) is 14.8. The second-order valence-corrected chi connectivity index (χ2v) is 5.85. The zero-order chi connectivity index (χ0) is 18.4. The highest BCUT2D eigenvalue weighted by molar-refractivity contribution is 5.98. The van der Waals surface area contributed by atoms with E-state index in [0.717, 1.165) is 12.2 Å². The topological polar surface area (TPSA) is 75.5 Å². The van der Waals surface area contributed by atoms with Gasteiger partial charge in [0.15, 0.2) is 0 Å². The fourth-order valence-corrected chi connectivity index (χ4v) is 2.85. The van der Waals surface area contributed by atoms with E-state index in [1.165, 1.54) is 11.6 Å². The van der Waals surface area contributed by atoms with Crippen molar-refractivity contribution >= 4 is 17.3 Å². The zero-order valence-electron chi connectivity index (χ0n) is 14.8. The molecule has 0 radical (unpaired) electrons. The minimum absolute atomic E-state index is 0.101. The van der Waals surface area contributed by atoms with E-state index in [2.05, 4.69) is 17.1 Å². The monoisotopic (exact) mass is 341 g/mol. The van der Waals surface area contributed by atoms with Gasteiger partial charge in [0.05, 0.1) is 4.92 Å². The molecule has 132 valence electrons.